The molecule has 2 N–H and O–H groups in total. The largest absolute Gasteiger partial charge is 0.480 e. The zero-order valence-electron chi connectivity index (χ0n) is 24.5. The van der Waals surface area contributed by atoms with Crippen LogP contribution in [0, 0.1) is 12.8 Å². The average molecular weight is 536 g/mol. The second kappa shape index (κ2) is 15.8. The van der Waals surface area contributed by atoms with E-state index in [4.69, 9.17) is 0 Å². The molecule has 214 valence electrons. The van der Waals surface area contributed by atoms with Crippen molar-refractivity contribution in [2.24, 2.45) is 5.92 Å². The molecule has 2 aromatic rings. The average Bonchev–Trinajstić information content (AvgIpc) is 2.94. The summed E-state index contributed by atoms with van der Waals surface area (Å²) in [7, 11) is 2.19. The van der Waals surface area contributed by atoms with Gasteiger partial charge in [-0.1, -0.05) is 89.1 Å². The minimum atomic E-state index is -0.997. The van der Waals surface area contributed by atoms with E-state index in [0.717, 1.165) is 60.6 Å². The number of hydrogen-bond donors (Lipinski definition) is 2. The van der Waals surface area contributed by atoms with E-state index in [9.17, 15) is 14.7 Å². The topological polar surface area (TPSA) is 72.9 Å². The standard InChI is InChI=1S/C33H49N3O3/c1-5-7-21-35(4)36(22-20-26-15-9-8-10-16-26)24-27-18-19-29(32(37)34-31(13-6-2)33(38)39)30(23-27)28-17-12-11-14-25(28)3/h11-12,14,17-19,23,26,31H,5-10,13,15-16,20-22,24H2,1-4H3,(H,34,37)(H,38,39)/t31-/m0/s1. The fourth-order valence-electron chi connectivity index (χ4n) is 5.68. The van der Waals surface area contributed by atoms with Crippen LogP contribution >= 0.6 is 0 Å². The van der Waals surface area contributed by atoms with E-state index in [0.29, 0.717) is 18.4 Å². The first-order chi connectivity index (χ1) is 18.8. The molecule has 0 radical (unpaired) electrons. The monoisotopic (exact) mass is 535 g/mol. The van der Waals surface area contributed by atoms with Gasteiger partial charge in [0.2, 0.25) is 0 Å². The third-order valence-electron chi connectivity index (χ3n) is 8.15. The number of hydrazine groups is 1. The third-order valence-corrected chi connectivity index (χ3v) is 8.15. The number of carboxylic acid groups (broad SMARTS) is 1. The molecule has 1 fully saturated rings. The van der Waals surface area contributed by atoms with Crippen LogP contribution in [0.25, 0.3) is 11.1 Å². The van der Waals surface area contributed by atoms with E-state index in [1.165, 1.54) is 38.5 Å². The summed E-state index contributed by atoms with van der Waals surface area (Å²) >= 11 is 0. The molecule has 3 rings (SSSR count). The van der Waals surface area contributed by atoms with Gasteiger partial charge in [0.15, 0.2) is 0 Å². The number of benzene rings is 2. The molecular formula is C33H49N3O3. The quantitative estimate of drug-likeness (QED) is 0.239. The first kappa shape index (κ1) is 30.8. The zero-order chi connectivity index (χ0) is 28.2. The zero-order valence-corrected chi connectivity index (χ0v) is 24.5. The number of carbonyl (C=O) groups is 2. The molecule has 0 spiro atoms. The molecule has 1 amide bonds. The van der Waals surface area contributed by atoms with E-state index in [1.54, 1.807) is 0 Å². The van der Waals surface area contributed by atoms with Crippen LogP contribution in [0.1, 0.15) is 99.5 Å². The van der Waals surface area contributed by atoms with Gasteiger partial charge in [-0.2, -0.15) is 0 Å². The van der Waals surface area contributed by atoms with Gasteiger partial charge in [-0.25, -0.2) is 14.8 Å². The Labute approximate surface area is 235 Å². The number of aliphatic carboxylic acids is 1. The van der Waals surface area contributed by atoms with E-state index < -0.39 is 12.0 Å². The fourth-order valence-corrected chi connectivity index (χ4v) is 5.68. The summed E-state index contributed by atoms with van der Waals surface area (Å²) in [5.41, 5.74) is 4.61. The summed E-state index contributed by atoms with van der Waals surface area (Å²) in [6, 6.07) is 13.2. The molecule has 6 nitrogen and oxygen atoms in total. The minimum absolute atomic E-state index is 0.338. The Balaban J connectivity index is 1.90. The first-order valence-corrected chi connectivity index (χ1v) is 15.0. The minimum Gasteiger partial charge on any atom is -0.480 e. The highest BCUT2D eigenvalue weighted by Gasteiger charge is 2.23. The number of unbranched alkanes of at least 4 members (excludes halogenated alkanes) is 1. The van der Waals surface area contributed by atoms with Gasteiger partial charge in [-0.3, -0.25) is 4.79 Å². The predicted octanol–water partition coefficient (Wildman–Crippen LogP) is 7.06. The Morgan fingerprint density at radius 1 is 1.00 bits per heavy atom. The van der Waals surface area contributed by atoms with Crippen molar-refractivity contribution >= 4 is 11.9 Å². The lowest BCUT2D eigenvalue weighted by Crippen LogP contribution is -2.41. The number of rotatable bonds is 15. The number of nitrogens with zero attached hydrogens (tertiary/aromatic N) is 2. The van der Waals surface area contributed by atoms with Gasteiger partial charge in [-0.15, -0.1) is 0 Å². The van der Waals surface area contributed by atoms with Crippen molar-refractivity contribution in [2.75, 3.05) is 20.1 Å². The number of amides is 1. The number of aryl methyl sites for hydroxylation is 1. The van der Waals surface area contributed by atoms with Gasteiger partial charge >= 0.3 is 5.97 Å². The van der Waals surface area contributed by atoms with Crippen molar-refractivity contribution in [3.63, 3.8) is 0 Å². The molecule has 0 saturated heterocycles. The Hall–Kier alpha value is -2.70. The molecule has 6 heteroatoms. The maximum Gasteiger partial charge on any atom is 0.326 e. The van der Waals surface area contributed by atoms with Crippen molar-refractivity contribution < 1.29 is 14.7 Å². The number of carboxylic acids is 1. The van der Waals surface area contributed by atoms with E-state index in [-0.39, 0.29) is 5.91 Å². The highest BCUT2D eigenvalue weighted by molar-refractivity contribution is 6.02. The molecule has 39 heavy (non-hydrogen) atoms. The number of nitrogens with one attached hydrogen (secondary N) is 1. The maximum absolute atomic E-state index is 13.4. The lowest BCUT2D eigenvalue weighted by molar-refractivity contribution is -0.139. The van der Waals surface area contributed by atoms with Crippen LogP contribution in [-0.2, 0) is 11.3 Å². The third kappa shape index (κ3) is 9.18. The van der Waals surface area contributed by atoms with Crippen molar-refractivity contribution in [1.82, 2.24) is 15.3 Å². The van der Waals surface area contributed by atoms with Gasteiger partial charge in [0.05, 0.1) is 0 Å². The molecule has 1 atom stereocenters. The summed E-state index contributed by atoms with van der Waals surface area (Å²) in [5, 5.41) is 17.2. The van der Waals surface area contributed by atoms with Crippen molar-refractivity contribution in [3.8, 4) is 11.1 Å². The Morgan fingerprint density at radius 2 is 1.74 bits per heavy atom. The van der Waals surface area contributed by atoms with Crippen LogP contribution < -0.4 is 5.32 Å². The van der Waals surface area contributed by atoms with Crippen molar-refractivity contribution in [1.29, 1.82) is 0 Å². The summed E-state index contributed by atoms with van der Waals surface area (Å²) in [4.78, 5) is 25.1. The Morgan fingerprint density at radius 3 is 2.41 bits per heavy atom. The van der Waals surface area contributed by atoms with Crippen LogP contribution in [0.15, 0.2) is 42.5 Å². The lowest BCUT2D eigenvalue weighted by atomic mass is 9.87. The van der Waals surface area contributed by atoms with Crippen LogP contribution in [0.5, 0.6) is 0 Å². The van der Waals surface area contributed by atoms with Gasteiger partial charge < -0.3 is 10.4 Å². The summed E-state index contributed by atoms with van der Waals surface area (Å²) in [6.45, 7) is 9.04. The Kier molecular flexibility index (Phi) is 12.5. The summed E-state index contributed by atoms with van der Waals surface area (Å²) < 4.78 is 0. The van der Waals surface area contributed by atoms with Crippen LogP contribution in [-0.4, -0.2) is 53.2 Å². The number of hydrogen-bond acceptors (Lipinski definition) is 4. The van der Waals surface area contributed by atoms with E-state index in [1.807, 2.05) is 37.3 Å². The molecule has 1 aliphatic rings. The first-order valence-electron chi connectivity index (χ1n) is 15.0. The van der Waals surface area contributed by atoms with Crippen molar-refractivity contribution in [2.45, 2.75) is 97.6 Å². The smallest absolute Gasteiger partial charge is 0.326 e. The molecule has 1 saturated carbocycles. The molecule has 0 unspecified atom stereocenters. The normalized spacial score (nSPS) is 15.0. The SMILES string of the molecule is CCCCN(C)N(CCC1CCCCC1)Cc1ccc(C(=O)N[C@@H](CCC)C(=O)O)c(-c2ccccc2C)c1. The second-order valence-electron chi connectivity index (χ2n) is 11.3. The molecule has 0 aromatic heterocycles. The summed E-state index contributed by atoms with van der Waals surface area (Å²) in [5.74, 6) is -0.516. The van der Waals surface area contributed by atoms with Gasteiger partial charge in [0, 0.05) is 32.2 Å². The lowest BCUT2D eigenvalue weighted by Gasteiger charge is -2.34. The highest BCUT2D eigenvalue weighted by atomic mass is 16.4. The fraction of sp³-hybridized carbons (Fsp3) is 0.576. The molecule has 1 aliphatic carbocycles. The number of carbonyl (C=O) groups excluding carboxylic acids is 1. The molecule has 0 bridgehead atoms. The highest BCUT2D eigenvalue weighted by Crippen LogP contribution is 2.30. The van der Waals surface area contributed by atoms with Crippen molar-refractivity contribution in [3.05, 3.63) is 59.2 Å². The summed E-state index contributed by atoms with van der Waals surface area (Å²) in [6.07, 6.45) is 11.4. The molecule has 0 heterocycles. The van der Waals surface area contributed by atoms with Gasteiger partial charge in [-0.05, 0) is 66.5 Å². The maximum atomic E-state index is 13.4. The molecule has 2 aromatic carbocycles. The van der Waals surface area contributed by atoms with Gasteiger partial charge in [0.25, 0.3) is 5.91 Å². The van der Waals surface area contributed by atoms with Gasteiger partial charge in [0.1, 0.15) is 6.04 Å². The van der Waals surface area contributed by atoms with E-state index >= 15 is 0 Å². The van der Waals surface area contributed by atoms with Crippen LogP contribution in [0.2, 0.25) is 0 Å². The predicted molar refractivity (Wildman–Crippen MR) is 160 cm³/mol. The Bertz CT molecular complexity index is 1060. The van der Waals surface area contributed by atoms with E-state index in [2.05, 4.69) is 48.4 Å². The van der Waals surface area contributed by atoms with Crippen LogP contribution in [0.3, 0.4) is 0 Å². The molecule has 0 aliphatic heterocycles. The molecular weight excluding hydrogens is 486 g/mol. The second-order valence-corrected chi connectivity index (χ2v) is 11.3. The van der Waals surface area contributed by atoms with Crippen LogP contribution in [0.4, 0.5) is 0 Å².